The van der Waals surface area contributed by atoms with Gasteiger partial charge in [0.25, 0.3) is 0 Å². The Labute approximate surface area is 170 Å². The van der Waals surface area contributed by atoms with Crippen LogP contribution < -0.4 is 0 Å². The highest BCUT2D eigenvalue weighted by Crippen LogP contribution is 2.33. The number of alkyl halides is 3. The smallest absolute Gasteiger partial charge is 0.335 e. The third-order valence-corrected chi connectivity index (χ3v) is 4.20. The second-order valence-corrected chi connectivity index (χ2v) is 8.77. The molecule has 3 nitrogen and oxygen atoms in total. The second kappa shape index (κ2) is 11.7. The van der Waals surface area contributed by atoms with Gasteiger partial charge in [-0.05, 0) is 50.8 Å². The summed E-state index contributed by atoms with van der Waals surface area (Å²) < 4.78 is 4.39. The molecule has 0 atom stereocenters. The lowest BCUT2D eigenvalue weighted by molar-refractivity contribution is 0.0697. The van der Waals surface area contributed by atoms with Crippen molar-refractivity contribution in [1.82, 2.24) is 0 Å². The van der Waals surface area contributed by atoms with Crippen LogP contribution in [-0.4, -0.2) is 28.1 Å². The van der Waals surface area contributed by atoms with E-state index in [2.05, 4.69) is 19.1 Å². The number of halogens is 3. The zero-order valence-electron chi connectivity index (χ0n) is 15.1. The van der Waals surface area contributed by atoms with Crippen molar-refractivity contribution in [2.45, 2.75) is 43.3 Å². The first-order chi connectivity index (χ1) is 12.2. The molecule has 0 aliphatic rings. The van der Waals surface area contributed by atoms with Crippen molar-refractivity contribution in [1.29, 1.82) is 0 Å². The summed E-state index contributed by atoms with van der Waals surface area (Å²) in [4.78, 5) is 10.8. The Balaban J connectivity index is 2.22. The predicted octanol–water partition coefficient (Wildman–Crippen LogP) is 6.38. The number of aromatic carboxylic acids is 1. The van der Waals surface area contributed by atoms with Crippen molar-refractivity contribution < 1.29 is 14.6 Å². The Bertz CT molecular complexity index is 629. The number of hydrogen-bond acceptors (Lipinski definition) is 2. The number of benzene rings is 1. The van der Waals surface area contributed by atoms with Crippen molar-refractivity contribution in [3.63, 3.8) is 0 Å². The lowest BCUT2D eigenvalue weighted by Crippen LogP contribution is -2.02. The van der Waals surface area contributed by atoms with Crippen molar-refractivity contribution in [3.8, 4) is 0 Å². The van der Waals surface area contributed by atoms with Crippen molar-refractivity contribution in [3.05, 3.63) is 58.7 Å². The molecule has 0 amide bonds. The Morgan fingerprint density at radius 1 is 1.12 bits per heavy atom. The van der Waals surface area contributed by atoms with E-state index >= 15 is 0 Å². The quantitative estimate of drug-likeness (QED) is 0.272. The maximum atomic E-state index is 10.8. The summed E-state index contributed by atoms with van der Waals surface area (Å²) >= 11 is 17.3. The Hall–Kier alpha value is -1.000. The normalized spacial score (nSPS) is 13.1. The van der Waals surface area contributed by atoms with Gasteiger partial charge in [0.2, 0.25) is 0 Å². The summed E-state index contributed by atoms with van der Waals surface area (Å²) in [6.45, 7) is 5.20. The number of allylic oxidation sites excluding steroid dienone is 3. The van der Waals surface area contributed by atoms with Gasteiger partial charge in [-0.25, -0.2) is 4.79 Å². The molecule has 1 aromatic rings. The van der Waals surface area contributed by atoms with E-state index in [0.717, 1.165) is 30.4 Å². The molecule has 6 heteroatoms. The minimum Gasteiger partial charge on any atom is -0.478 e. The molecule has 0 heterocycles. The van der Waals surface area contributed by atoms with E-state index in [-0.39, 0.29) is 0 Å². The van der Waals surface area contributed by atoms with E-state index < -0.39 is 9.76 Å². The first kappa shape index (κ1) is 23.0. The van der Waals surface area contributed by atoms with Gasteiger partial charge in [-0.1, -0.05) is 70.2 Å². The predicted molar refractivity (Wildman–Crippen MR) is 110 cm³/mol. The summed E-state index contributed by atoms with van der Waals surface area (Å²) in [5, 5.41) is 8.86. The second-order valence-electron chi connectivity index (χ2n) is 6.26. The standard InChI is InChI=1S/C20H25Cl3O3/c1-15(4-3-5-16(2)14-20(21,22)23)10-12-26-13-11-17-6-8-18(9-7-17)19(24)25/h5-10H,3-4,11-14H2,1-2H3,(H,24,25). The molecule has 0 spiro atoms. The van der Waals surface area contributed by atoms with Gasteiger partial charge in [0.05, 0.1) is 18.8 Å². The molecule has 1 aromatic carbocycles. The molecule has 0 radical (unpaired) electrons. The van der Waals surface area contributed by atoms with Crippen molar-refractivity contribution in [2.24, 2.45) is 0 Å². The monoisotopic (exact) mass is 418 g/mol. The molecule has 0 fully saturated rings. The number of hydrogen-bond donors (Lipinski definition) is 1. The van der Waals surface area contributed by atoms with Crippen LogP contribution in [0.1, 0.15) is 49.0 Å². The van der Waals surface area contributed by atoms with Crippen LogP contribution in [0.15, 0.2) is 47.6 Å². The summed E-state index contributed by atoms with van der Waals surface area (Å²) in [5.74, 6) is -0.911. The van der Waals surface area contributed by atoms with Crippen LogP contribution in [-0.2, 0) is 11.2 Å². The maximum Gasteiger partial charge on any atom is 0.335 e. The Kier molecular flexibility index (Phi) is 10.3. The van der Waals surface area contributed by atoms with Crippen LogP contribution in [0.3, 0.4) is 0 Å². The van der Waals surface area contributed by atoms with Crippen LogP contribution in [0.4, 0.5) is 0 Å². The zero-order chi connectivity index (χ0) is 19.6. The van der Waals surface area contributed by atoms with Gasteiger partial charge < -0.3 is 9.84 Å². The van der Waals surface area contributed by atoms with Gasteiger partial charge in [-0.3, -0.25) is 0 Å². The van der Waals surface area contributed by atoms with Gasteiger partial charge in [-0.15, -0.1) is 0 Å². The Morgan fingerprint density at radius 2 is 1.77 bits per heavy atom. The molecule has 0 aliphatic heterocycles. The highest BCUT2D eigenvalue weighted by Gasteiger charge is 2.19. The van der Waals surface area contributed by atoms with E-state index in [1.165, 1.54) is 5.57 Å². The number of carboxylic acids is 1. The third kappa shape index (κ3) is 10.9. The molecule has 26 heavy (non-hydrogen) atoms. The molecular formula is C20H25Cl3O3. The molecule has 0 saturated heterocycles. The van der Waals surface area contributed by atoms with Gasteiger partial charge >= 0.3 is 5.97 Å². The third-order valence-electron chi connectivity index (χ3n) is 3.80. The van der Waals surface area contributed by atoms with E-state index in [4.69, 9.17) is 44.6 Å². The van der Waals surface area contributed by atoms with E-state index in [0.29, 0.717) is 25.2 Å². The van der Waals surface area contributed by atoms with Gasteiger partial charge in [0.1, 0.15) is 0 Å². The fourth-order valence-electron chi connectivity index (χ4n) is 2.33. The summed E-state index contributed by atoms with van der Waals surface area (Å²) in [6.07, 6.45) is 7.22. The van der Waals surface area contributed by atoms with Gasteiger partial charge in [-0.2, -0.15) is 0 Å². The van der Waals surface area contributed by atoms with Crippen LogP contribution in [0.5, 0.6) is 0 Å². The van der Waals surface area contributed by atoms with Crippen LogP contribution in [0.25, 0.3) is 0 Å². The highest BCUT2D eigenvalue weighted by atomic mass is 35.6. The molecule has 1 rings (SSSR count). The number of carbonyl (C=O) groups is 1. The SMILES string of the molecule is CC(=CCOCCc1ccc(C(=O)O)cc1)CCC=C(C)CC(Cl)(Cl)Cl. The fraction of sp³-hybridized carbons (Fsp3) is 0.450. The average molecular weight is 420 g/mol. The number of carboxylic acid groups (broad SMARTS) is 1. The van der Waals surface area contributed by atoms with Crippen molar-refractivity contribution in [2.75, 3.05) is 13.2 Å². The topological polar surface area (TPSA) is 46.5 Å². The largest absolute Gasteiger partial charge is 0.478 e. The van der Waals surface area contributed by atoms with Gasteiger partial charge in [0.15, 0.2) is 3.79 Å². The fourth-order valence-corrected chi connectivity index (χ4v) is 2.96. The first-order valence-electron chi connectivity index (χ1n) is 8.45. The van der Waals surface area contributed by atoms with E-state index in [1.807, 2.05) is 19.1 Å². The van der Waals surface area contributed by atoms with Crippen LogP contribution >= 0.6 is 34.8 Å². The molecular weight excluding hydrogens is 395 g/mol. The molecule has 0 bridgehead atoms. The minimum atomic E-state index is -1.23. The highest BCUT2D eigenvalue weighted by molar-refractivity contribution is 6.67. The van der Waals surface area contributed by atoms with E-state index in [9.17, 15) is 4.79 Å². The molecule has 0 saturated carbocycles. The van der Waals surface area contributed by atoms with E-state index in [1.54, 1.807) is 12.1 Å². The van der Waals surface area contributed by atoms with Gasteiger partial charge in [0, 0.05) is 6.42 Å². The first-order valence-corrected chi connectivity index (χ1v) is 9.59. The summed E-state index contributed by atoms with van der Waals surface area (Å²) in [5.41, 5.74) is 3.69. The van der Waals surface area contributed by atoms with Crippen LogP contribution in [0.2, 0.25) is 0 Å². The average Bonchev–Trinajstić information content (AvgIpc) is 2.53. The maximum absolute atomic E-state index is 10.8. The molecule has 144 valence electrons. The van der Waals surface area contributed by atoms with Crippen LogP contribution in [0, 0.1) is 0 Å². The summed E-state index contributed by atoms with van der Waals surface area (Å²) in [7, 11) is 0. The minimum absolute atomic E-state index is 0.298. The lowest BCUT2D eigenvalue weighted by Gasteiger charge is -2.10. The molecule has 0 aromatic heterocycles. The molecule has 1 N–H and O–H groups in total. The summed E-state index contributed by atoms with van der Waals surface area (Å²) in [6, 6.07) is 6.86. The molecule has 0 unspecified atom stereocenters. The number of ether oxygens (including phenoxy) is 1. The van der Waals surface area contributed by atoms with Crippen molar-refractivity contribution >= 4 is 40.8 Å². The lowest BCUT2D eigenvalue weighted by atomic mass is 10.1. The molecule has 0 aliphatic carbocycles. The zero-order valence-corrected chi connectivity index (χ0v) is 17.4. The Morgan fingerprint density at radius 3 is 2.35 bits per heavy atom. The number of rotatable bonds is 10.